The van der Waals surface area contributed by atoms with Crippen LogP contribution in [0.1, 0.15) is 24.0 Å². The molecule has 0 unspecified atom stereocenters. The van der Waals surface area contributed by atoms with Crippen molar-refractivity contribution in [2.24, 2.45) is 5.92 Å². The van der Waals surface area contributed by atoms with E-state index in [9.17, 15) is 4.79 Å². The van der Waals surface area contributed by atoms with Crippen molar-refractivity contribution in [1.29, 1.82) is 5.41 Å². The summed E-state index contributed by atoms with van der Waals surface area (Å²) in [6.07, 6.45) is 1.97. The highest BCUT2D eigenvalue weighted by atomic mass is 79.9. The zero-order valence-electron chi connectivity index (χ0n) is 9.24. The first kappa shape index (κ1) is 12.1. The fourth-order valence-corrected chi connectivity index (χ4v) is 1.95. The minimum Gasteiger partial charge on any atom is -1.00 e. The molecule has 1 fully saturated rings. The zero-order valence-corrected chi connectivity index (χ0v) is 10.8. The summed E-state index contributed by atoms with van der Waals surface area (Å²) in [6.45, 7) is 0.605. The highest BCUT2D eigenvalue weighted by Crippen LogP contribution is 2.29. The van der Waals surface area contributed by atoms with Crippen molar-refractivity contribution >= 4 is 11.7 Å². The summed E-state index contributed by atoms with van der Waals surface area (Å²) in [5.74, 6) is 0.624. The van der Waals surface area contributed by atoms with Gasteiger partial charge in [-0.05, 0) is 18.4 Å². The summed E-state index contributed by atoms with van der Waals surface area (Å²) in [7, 11) is 0. The molecule has 0 aromatic heterocycles. The van der Waals surface area contributed by atoms with Crippen molar-refractivity contribution in [3.05, 3.63) is 35.4 Å². The predicted octanol–water partition coefficient (Wildman–Crippen LogP) is -1.73. The number of amides is 1. The molecule has 2 aliphatic rings. The summed E-state index contributed by atoms with van der Waals surface area (Å²) < 4.78 is 0. The van der Waals surface area contributed by atoms with E-state index < -0.39 is 0 Å². The summed E-state index contributed by atoms with van der Waals surface area (Å²) in [4.78, 5) is 11.6. The number of nitrogens with zero attached hydrogens (tertiary/aromatic N) is 1. The van der Waals surface area contributed by atoms with E-state index in [1.807, 2.05) is 24.3 Å². The molecular weight excluding hydrogens is 282 g/mol. The lowest BCUT2D eigenvalue weighted by Crippen LogP contribution is -3.00. The molecule has 1 saturated carbocycles. The van der Waals surface area contributed by atoms with E-state index in [4.69, 9.17) is 5.41 Å². The maximum atomic E-state index is 11.6. The van der Waals surface area contributed by atoms with Crippen LogP contribution in [0.4, 0.5) is 0 Å². The fourth-order valence-electron chi connectivity index (χ4n) is 1.95. The SMILES string of the molecule is N=C1c2ccccc2CN1NC(=O)C1CC1.[Br-]. The first-order chi connectivity index (χ1) is 7.75. The number of fused-ring (bicyclic) bond motifs is 1. The molecule has 1 aliphatic heterocycles. The van der Waals surface area contributed by atoms with Gasteiger partial charge in [-0.2, -0.15) is 0 Å². The quantitative estimate of drug-likeness (QED) is 0.681. The highest BCUT2D eigenvalue weighted by molar-refractivity contribution is 6.01. The van der Waals surface area contributed by atoms with Crippen LogP contribution in [0.15, 0.2) is 24.3 Å². The second-order valence-corrected chi connectivity index (χ2v) is 4.34. The van der Waals surface area contributed by atoms with Gasteiger partial charge in [-0.25, -0.2) is 0 Å². The molecule has 1 heterocycles. The molecule has 1 aromatic rings. The van der Waals surface area contributed by atoms with Gasteiger partial charge in [0.15, 0.2) is 0 Å². The molecule has 1 amide bonds. The van der Waals surface area contributed by atoms with Gasteiger partial charge in [-0.15, -0.1) is 0 Å². The summed E-state index contributed by atoms with van der Waals surface area (Å²) in [5, 5.41) is 9.58. The molecule has 0 atom stereocenters. The Kier molecular flexibility index (Phi) is 3.19. The van der Waals surface area contributed by atoms with Crippen LogP contribution in [0.2, 0.25) is 0 Å². The third-order valence-corrected chi connectivity index (χ3v) is 3.06. The standard InChI is InChI=1S/C12H13N3O.BrH/c13-11-10-4-2-1-3-9(10)7-15(11)14-12(16)8-5-6-8;/h1-4,8,13H,5-7H2,(H,14,16);1H/p-1. The average Bonchev–Trinajstić information content (AvgIpc) is 3.08. The molecular formula is C12H13BrN3O-. The number of benzene rings is 1. The average molecular weight is 295 g/mol. The summed E-state index contributed by atoms with van der Waals surface area (Å²) >= 11 is 0. The summed E-state index contributed by atoms with van der Waals surface area (Å²) in [5.41, 5.74) is 4.82. The van der Waals surface area contributed by atoms with Gasteiger partial charge in [0, 0.05) is 11.5 Å². The lowest BCUT2D eigenvalue weighted by molar-refractivity contribution is -0.125. The molecule has 0 radical (unpaired) electrons. The van der Waals surface area contributed by atoms with E-state index in [0.29, 0.717) is 12.4 Å². The van der Waals surface area contributed by atoms with Crippen LogP contribution >= 0.6 is 0 Å². The van der Waals surface area contributed by atoms with Crippen molar-refractivity contribution in [3.63, 3.8) is 0 Å². The third kappa shape index (κ3) is 2.20. The minimum absolute atomic E-state index is 0. The van der Waals surface area contributed by atoms with E-state index >= 15 is 0 Å². The second-order valence-electron chi connectivity index (χ2n) is 4.34. The molecule has 1 aromatic carbocycles. The van der Waals surface area contributed by atoms with Gasteiger partial charge in [-0.3, -0.25) is 20.6 Å². The first-order valence-electron chi connectivity index (χ1n) is 5.50. The Morgan fingerprint density at radius 1 is 1.35 bits per heavy atom. The Morgan fingerprint density at radius 2 is 2.06 bits per heavy atom. The maximum absolute atomic E-state index is 11.6. The number of carbonyl (C=O) groups excluding carboxylic acids is 1. The van der Waals surface area contributed by atoms with Crippen LogP contribution in [0.25, 0.3) is 0 Å². The van der Waals surface area contributed by atoms with E-state index in [1.54, 1.807) is 5.01 Å². The number of rotatable bonds is 2. The van der Waals surface area contributed by atoms with Crippen LogP contribution in [0, 0.1) is 11.3 Å². The molecule has 0 spiro atoms. The van der Waals surface area contributed by atoms with Crippen molar-refractivity contribution < 1.29 is 21.8 Å². The first-order valence-corrected chi connectivity index (χ1v) is 5.50. The molecule has 2 N–H and O–H groups in total. The topological polar surface area (TPSA) is 56.2 Å². The summed E-state index contributed by atoms with van der Waals surface area (Å²) in [6, 6.07) is 7.78. The largest absolute Gasteiger partial charge is 1.00 e. The van der Waals surface area contributed by atoms with Gasteiger partial charge in [0.1, 0.15) is 5.84 Å². The van der Waals surface area contributed by atoms with Gasteiger partial charge in [0.25, 0.3) is 0 Å². The number of carbonyl (C=O) groups is 1. The fraction of sp³-hybridized carbons (Fsp3) is 0.333. The van der Waals surface area contributed by atoms with Crippen LogP contribution in [0.5, 0.6) is 0 Å². The number of hydrogen-bond acceptors (Lipinski definition) is 2. The van der Waals surface area contributed by atoms with Gasteiger partial charge in [-0.1, -0.05) is 24.3 Å². The number of hydrogen-bond donors (Lipinski definition) is 2. The zero-order chi connectivity index (χ0) is 11.1. The van der Waals surface area contributed by atoms with Crippen molar-refractivity contribution in [2.75, 3.05) is 0 Å². The van der Waals surface area contributed by atoms with Gasteiger partial charge < -0.3 is 17.0 Å². The molecule has 90 valence electrons. The second kappa shape index (κ2) is 4.49. The van der Waals surface area contributed by atoms with E-state index in [0.717, 1.165) is 24.0 Å². The van der Waals surface area contributed by atoms with Crippen molar-refractivity contribution in [1.82, 2.24) is 10.4 Å². The van der Waals surface area contributed by atoms with Crippen molar-refractivity contribution in [3.8, 4) is 0 Å². The Hall–Kier alpha value is -1.36. The van der Waals surface area contributed by atoms with Crippen LogP contribution in [-0.2, 0) is 11.3 Å². The van der Waals surface area contributed by atoms with E-state index in [1.165, 1.54) is 0 Å². The van der Waals surface area contributed by atoms with E-state index in [2.05, 4.69) is 5.43 Å². The number of amidine groups is 1. The molecule has 4 nitrogen and oxygen atoms in total. The maximum Gasteiger partial charge on any atom is 0.241 e. The molecule has 5 heteroatoms. The van der Waals surface area contributed by atoms with Crippen LogP contribution in [0.3, 0.4) is 0 Å². The third-order valence-electron chi connectivity index (χ3n) is 3.06. The Morgan fingerprint density at radius 3 is 2.71 bits per heavy atom. The van der Waals surface area contributed by atoms with Gasteiger partial charge in [0.05, 0.1) is 6.54 Å². The molecule has 1 aliphatic carbocycles. The highest BCUT2D eigenvalue weighted by Gasteiger charge is 2.33. The number of nitrogens with one attached hydrogen (secondary N) is 2. The smallest absolute Gasteiger partial charge is 0.241 e. The predicted molar refractivity (Wildman–Crippen MR) is 59.7 cm³/mol. The Balaban J connectivity index is 0.00000108. The molecule has 0 bridgehead atoms. The van der Waals surface area contributed by atoms with Crippen molar-refractivity contribution in [2.45, 2.75) is 19.4 Å². The van der Waals surface area contributed by atoms with Crippen LogP contribution in [-0.4, -0.2) is 16.8 Å². The van der Waals surface area contributed by atoms with E-state index in [-0.39, 0.29) is 28.8 Å². The lowest BCUT2D eigenvalue weighted by atomic mass is 10.1. The minimum atomic E-state index is 0. The van der Waals surface area contributed by atoms with Gasteiger partial charge >= 0.3 is 0 Å². The molecule has 0 saturated heterocycles. The molecule has 3 rings (SSSR count). The number of hydrazine groups is 1. The van der Waals surface area contributed by atoms with Crippen LogP contribution < -0.4 is 22.4 Å². The Bertz CT molecular complexity index is 471. The number of halogens is 1. The monoisotopic (exact) mass is 294 g/mol. The Labute approximate surface area is 110 Å². The molecule has 17 heavy (non-hydrogen) atoms. The van der Waals surface area contributed by atoms with Gasteiger partial charge in [0.2, 0.25) is 5.91 Å². The lowest BCUT2D eigenvalue weighted by Gasteiger charge is -2.18. The normalized spacial score (nSPS) is 17.4.